The first kappa shape index (κ1) is 14.3. The van der Waals surface area contributed by atoms with Crippen LogP contribution in [0.1, 0.15) is 5.56 Å². The summed E-state index contributed by atoms with van der Waals surface area (Å²) in [5, 5.41) is 14.4. The molecule has 7 nitrogen and oxygen atoms in total. The molecular formula is C14H13N4O3+. The smallest absolute Gasteiger partial charge is 0.266 e. The largest absolute Gasteiger partial charge is 0.305 e. The molecule has 106 valence electrons. The molecule has 0 atom stereocenters. The Bertz CT molecular complexity index is 671. The fraction of sp³-hybridized carbons (Fsp3) is 0.0714. The maximum absolute atomic E-state index is 11.6. The van der Waals surface area contributed by atoms with Gasteiger partial charge in [0.25, 0.3) is 5.69 Å². The molecule has 0 aliphatic carbocycles. The van der Waals surface area contributed by atoms with Crippen molar-refractivity contribution in [3.8, 4) is 0 Å². The lowest BCUT2D eigenvalue weighted by atomic mass is 10.2. The van der Waals surface area contributed by atoms with Gasteiger partial charge < -0.3 is 0 Å². The summed E-state index contributed by atoms with van der Waals surface area (Å²) in [5.74, 6) is -0.284. The van der Waals surface area contributed by atoms with E-state index in [-0.39, 0.29) is 18.1 Å². The molecule has 0 bridgehead atoms. The number of rotatable bonds is 5. The number of hydrogen-bond donors (Lipinski definition) is 1. The number of hydrogen-bond acceptors (Lipinski definition) is 4. The van der Waals surface area contributed by atoms with Crippen LogP contribution in [-0.4, -0.2) is 17.0 Å². The number of nitro groups is 1. The predicted molar refractivity (Wildman–Crippen MR) is 75.5 cm³/mol. The maximum atomic E-state index is 11.6. The molecule has 1 aromatic carbocycles. The van der Waals surface area contributed by atoms with Gasteiger partial charge in [-0.1, -0.05) is 18.2 Å². The van der Waals surface area contributed by atoms with E-state index in [2.05, 4.69) is 10.5 Å². The van der Waals surface area contributed by atoms with Crippen LogP contribution >= 0.6 is 0 Å². The van der Waals surface area contributed by atoms with Crippen LogP contribution in [0.25, 0.3) is 0 Å². The van der Waals surface area contributed by atoms with Gasteiger partial charge in [-0.25, -0.2) is 5.43 Å². The molecule has 1 amide bonds. The summed E-state index contributed by atoms with van der Waals surface area (Å²) in [4.78, 5) is 21.8. The summed E-state index contributed by atoms with van der Waals surface area (Å²) in [5.41, 5.74) is 2.88. The third kappa shape index (κ3) is 4.50. The molecule has 2 aromatic rings. The minimum atomic E-state index is -0.484. The summed E-state index contributed by atoms with van der Waals surface area (Å²) in [7, 11) is 0. The number of non-ortho nitro benzene ring substituents is 1. The zero-order valence-electron chi connectivity index (χ0n) is 11.0. The molecule has 0 fully saturated rings. The van der Waals surface area contributed by atoms with E-state index in [4.69, 9.17) is 0 Å². The van der Waals surface area contributed by atoms with E-state index in [0.29, 0.717) is 5.56 Å². The highest BCUT2D eigenvalue weighted by molar-refractivity contribution is 5.82. The van der Waals surface area contributed by atoms with Crippen LogP contribution in [0.2, 0.25) is 0 Å². The molecular weight excluding hydrogens is 272 g/mol. The van der Waals surface area contributed by atoms with Crippen molar-refractivity contribution in [3.05, 3.63) is 70.5 Å². The summed E-state index contributed by atoms with van der Waals surface area (Å²) in [6, 6.07) is 11.5. The van der Waals surface area contributed by atoms with Crippen LogP contribution in [0.5, 0.6) is 0 Å². The van der Waals surface area contributed by atoms with Gasteiger partial charge in [0, 0.05) is 29.8 Å². The van der Waals surface area contributed by atoms with Crippen molar-refractivity contribution < 1.29 is 14.3 Å². The number of nitro benzene ring substituents is 1. The van der Waals surface area contributed by atoms with Gasteiger partial charge in [0.05, 0.1) is 11.1 Å². The maximum Gasteiger partial charge on any atom is 0.305 e. The lowest BCUT2D eigenvalue weighted by molar-refractivity contribution is -0.684. The van der Waals surface area contributed by atoms with E-state index >= 15 is 0 Å². The second-order valence-corrected chi connectivity index (χ2v) is 4.19. The standard InChI is InChI=1S/C14H12N4O3/c19-14(11-17-7-2-1-3-8-17)16-15-10-12-5-4-6-13(9-12)18(20)21/h1-10H,11H2/p+1/b15-10+. The topological polar surface area (TPSA) is 88.5 Å². The van der Waals surface area contributed by atoms with Gasteiger partial charge in [0.15, 0.2) is 12.4 Å². The van der Waals surface area contributed by atoms with Crippen LogP contribution in [0.4, 0.5) is 5.69 Å². The third-order valence-corrected chi connectivity index (χ3v) is 2.59. The summed E-state index contributed by atoms with van der Waals surface area (Å²) in [6.45, 7) is 0.146. The number of aromatic nitrogens is 1. The number of benzene rings is 1. The Balaban J connectivity index is 1.91. The average molecular weight is 285 g/mol. The van der Waals surface area contributed by atoms with E-state index < -0.39 is 4.92 Å². The van der Waals surface area contributed by atoms with Crippen molar-refractivity contribution in [1.29, 1.82) is 0 Å². The molecule has 2 rings (SSSR count). The highest BCUT2D eigenvalue weighted by Crippen LogP contribution is 2.11. The van der Waals surface area contributed by atoms with E-state index in [0.717, 1.165) is 0 Å². The fourth-order valence-electron chi connectivity index (χ4n) is 1.64. The van der Waals surface area contributed by atoms with Crippen LogP contribution in [0.3, 0.4) is 0 Å². The molecule has 0 unspecified atom stereocenters. The van der Waals surface area contributed by atoms with Crippen LogP contribution in [0, 0.1) is 10.1 Å². The Kier molecular flexibility index (Phi) is 4.70. The number of nitrogens with zero attached hydrogens (tertiary/aromatic N) is 3. The number of hydrazone groups is 1. The van der Waals surface area contributed by atoms with Gasteiger partial charge in [-0.05, 0) is 0 Å². The Hall–Kier alpha value is -3.09. The van der Waals surface area contributed by atoms with Crippen molar-refractivity contribution in [2.45, 2.75) is 6.54 Å². The van der Waals surface area contributed by atoms with Crippen molar-refractivity contribution >= 4 is 17.8 Å². The van der Waals surface area contributed by atoms with E-state index in [1.165, 1.54) is 18.3 Å². The van der Waals surface area contributed by atoms with Gasteiger partial charge in [0.2, 0.25) is 6.54 Å². The van der Waals surface area contributed by atoms with Crippen LogP contribution < -0.4 is 9.99 Å². The first-order valence-electron chi connectivity index (χ1n) is 6.15. The van der Waals surface area contributed by atoms with Gasteiger partial charge in [-0.2, -0.15) is 9.67 Å². The molecule has 0 aliphatic heterocycles. The number of carbonyl (C=O) groups excluding carboxylic acids is 1. The highest BCUT2D eigenvalue weighted by Gasteiger charge is 2.07. The normalized spacial score (nSPS) is 10.5. The summed E-state index contributed by atoms with van der Waals surface area (Å²) < 4.78 is 1.71. The lowest BCUT2D eigenvalue weighted by Crippen LogP contribution is -2.40. The zero-order chi connectivity index (χ0) is 15.1. The van der Waals surface area contributed by atoms with E-state index in [1.54, 1.807) is 29.1 Å². The average Bonchev–Trinajstić information content (AvgIpc) is 2.48. The Morgan fingerprint density at radius 2 is 2.05 bits per heavy atom. The van der Waals surface area contributed by atoms with Crippen molar-refractivity contribution in [2.75, 3.05) is 0 Å². The van der Waals surface area contributed by atoms with Crippen molar-refractivity contribution in [3.63, 3.8) is 0 Å². The van der Waals surface area contributed by atoms with E-state index in [1.807, 2.05) is 18.2 Å². The van der Waals surface area contributed by atoms with Gasteiger partial charge >= 0.3 is 5.91 Å². The van der Waals surface area contributed by atoms with Crippen molar-refractivity contribution in [1.82, 2.24) is 5.43 Å². The first-order chi connectivity index (χ1) is 10.1. The van der Waals surface area contributed by atoms with Gasteiger partial charge in [0.1, 0.15) is 0 Å². The molecule has 0 saturated carbocycles. The molecule has 1 aromatic heterocycles. The van der Waals surface area contributed by atoms with Gasteiger partial charge in [-0.3, -0.25) is 14.9 Å². The fourth-order valence-corrected chi connectivity index (χ4v) is 1.64. The molecule has 1 N–H and O–H groups in total. The number of carbonyl (C=O) groups is 1. The molecule has 0 saturated heterocycles. The molecule has 1 heterocycles. The second-order valence-electron chi connectivity index (χ2n) is 4.19. The van der Waals surface area contributed by atoms with Crippen molar-refractivity contribution in [2.24, 2.45) is 5.10 Å². The monoisotopic (exact) mass is 285 g/mol. The molecule has 0 spiro atoms. The summed E-state index contributed by atoms with van der Waals surface area (Å²) in [6.07, 6.45) is 4.90. The molecule has 21 heavy (non-hydrogen) atoms. The zero-order valence-corrected chi connectivity index (χ0v) is 11.0. The Morgan fingerprint density at radius 1 is 1.29 bits per heavy atom. The molecule has 0 radical (unpaired) electrons. The number of pyridine rings is 1. The predicted octanol–water partition coefficient (Wildman–Crippen LogP) is 1.03. The first-order valence-corrected chi connectivity index (χ1v) is 6.15. The number of amides is 1. The SMILES string of the molecule is O=C(C[n+]1ccccc1)N/N=C/c1cccc([N+](=O)[O-])c1. The second kappa shape index (κ2) is 6.90. The minimum Gasteiger partial charge on any atom is -0.266 e. The Morgan fingerprint density at radius 3 is 2.76 bits per heavy atom. The van der Waals surface area contributed by atoms with E-state index in [9.17, 15) is 14.9 Å². The minimum absolute atomic E-state index is 0.0230. The van der Waals surface area contributed by atoms with Crippen LogP contribution in [-0.2, 0) is 11.3 Å². The highest BCUT2D eigenvalue weighted by atomic mass is 16.6. The quantitative estimate of drug-likeness (QED) is 0.385. The number of nitrogens with one attached hydrogen (secondary N) is 1. The van der Waals surface area contributed by atoms with Gasteiger partial charge in [-0.15, -0.1) is 0 Å². The molecule has 0 aliphatic rings. The lowest BCUT2D eigenvalue weighted by Gasteiger charge is -1.97. The molecule has 7 heteroatoms. The summed E-state index contributed by atoms with van der Waals surface area (Å²) >= 11 is 0. The third-order valence-electron chi connectivity index (χ3n) is 2.59. The van der Waals surface area contributed by atoms with Crippen LogP contribution in [0.15, 0.2) is 60.0 Å². The Labute approximate surface area is 120 Å².